The summed E-state index contributed by atoms with van der Waals surface area (Å²) in [4.78, 5) is 0. The first-order chi connectivity index (χ1) is 8.70. The van der Waals surface area contributed by atoms with Crippen LogP contribution >= 0.6 is 15.9 Å². The molecule has 2 aromatic rings. The Morgan fingerprint density at radius 2 is 2.22 bits per heavy atom. The van der Waals surface area contributed by atoms with Gasteiger partial charge >= 0.3 is 0 Å². The standard InChI is InChI=1S/C14H18BrN3/c1-3-18-14(7-8-17-18)10-16-11(2)12-5-4-6-13(15)9-12/h4-9,11,16H,3,10H2,1-2H3/t11-/m0/s1. The first kappa shape index (κ1) is 13.3. The molecule has 0 aliphatic rings. The zero-order chi connectivity index (χ0) is 13.0. The molecule has 0 aliphatic heterocycles. The van der Waals surface area contributed by atoms with Crippen molar-refractivity contribution in [3.63, 3.8) is 0 Å². The van der Waals surface area contributed by atoms with Crippen molar-refractivity contribution in [2.75, 3.05) is 0 Å². The summed E-state index contributed by atoms with van der Waals surface area (Å²) < 4.78 is 3.13. The molecular weight excluding hydrogens is 290 g/mol. The smallest absolute Gasteiger partial charge is 0.0522 e. The summed E-state index contributed by atoms with van der Waals surface area (Å²) in [6, 6.07) is 10.8. The number of benzene rings is 1. The summed E-state index contributed by atoms with van der Waals surface area (Å²) in [6.45, 7) is 6.03. The van der Waals surface area contributed by atoms with E-state index in [0.29, 0.717) is 6.04 Å². The van der Waals surface area contributed by atoms with E-state index >= 15 is 0 Å². The minimum atomic E-state index is 0.322. The van der Waals surface area contributed by atoms with Crippen molar-refractivity contribution in [2.45, 2.75) is 33.0 Å². The average Bonchev–Trinajstić information content (AvgIpc) is 2.83. The molecule has 1 N–H and O–H groups in total. The summed E-state index contributed by atoms with van der Waals surface area (Å²) in [7, 11) is 0. The zero-order valence-corrected chi connectivity index (χ0v) is 12.3. The largest absolute Gasteiger partial charge is 0.305 e. The number of hydrogen-bond donors (Lipinski definition) is 1. The van der Waals surface area contributed by atoms with Crippen LogP contribution in [0.1, 0.15) is 31.1 Å². The van der Waals surface area contributed by atoms with Crippen LogP contribution in [0.3, 0.4) is 0 Å². The van der Waals surface area contributed by atoms with Gasteiger partial charge < -0.3 is 5.32 Å². The second-order valence-electron chi connectivity index (χ2n) is 4.30. The predicted molar refractivity (Wildman–Crippen MR) is 77.3 cm³/mol. The number of aromatic nitrogens is 2. The summed E-state index contributed by atoms with van der Waals surface area (Å²) in [5, 5.41) is 7.79. The van der Waals surface area contributed by atoms with E-state index in [0.717, 1.165) is 17.6 Å². The van der Waals surface area contributed by atoms with Crippen LogP contribution in [0.4, 0.5) is 0 Å². The van der Waals surface area contributed by atoms with Crippen molar-refractivity contribution in [1.29, 1.82) is 0 Å². The molecule has 0 spiro atoms. The molecule has 18 heavy (non-hydrogen) atoms. The average molecular weight is 308 g/mol. The third-order valence-electron chi connectivity index (χ3n) is 3.04. The Labute approximate surface area is 116 Å². The molecular formula is C14H18BrN3. The maximum Gasteiger partial charge on any atom is 0.0522 e. The van der Waals surface area contributed by atoms with Crippen LogP contribution in [0.2, 0.25) is 0 Å². The number of halogens is 1. The lowest BCUT2D eigenvalue weighted by Gasteiger charge is -2.15. The van der Waals surface area contributed by atoms with Crippen molar-refractivity contribution in [3.8, 4) is 0 Å². The molecule has 0 saturated heterocycles. The third-order valence-corrected chi connectivity index (χ3v) is 3.54. The van der Waals surface area contributed by atoms with Gasteiger partial charge in [-0.15, -0.1) is 0 Å². The number of aryl methyl sites for hydroxylation is 1. The highest BCUT2D eigenvalue weighted by molar-refractivity contribution is 9.10. The van der Waals surface area contributed by atoms with Gasteiger partial charge in [0.2, 0.25) is 0 Å². The molecule has 0 unspecified atom stereocenters. The molecule has 0 fully saturated rings. The minimum absolute atomic E-state index is 0.322. The lowest BCUT2D eigenvalue weighted by molar-refractivity contribution is 0.531. The third kappa shape index (κ3) is 3.21. The van der Waals surface area contributed by atoms with Gasteiger partial charge in [-0.3, -0.25) is 4.68 Å². The molecule has 96 valence electrons. The quantitative estimate of drug-likeness (QED) is 0.916. The molecule has 4 heteroatoms. The van der Waals surface area contributed by atoms with E-state index in [1.165, 1.54) is 11.3 Å². The van der Waals surface area contributed by atoms with Gasteiger partial charge in [-0.05, 0) is 37.6 Å². The van der Waals surface area contributed by atoms with Gasteiger partial charge in [0.05, 0.1) is 5.69 Å². The maximum atomic E-state index is 4.27. The Morgan fingerprint density at radius 3 is 2.94 bits per heavy atom. The Kier molecular flexibility index (Phi) is 4.55. The van der Waals surface area contributed by atoms with Crippen molar-refractivity contribution in [3.05, 3.63) is 52.3 Å². The van der Waals surface area contributed by atoms with Gasteiger partial charge in [-0.2, -0.15) is 5.10 Å². The normalized spacial score (nSPS) is 12.6. The van der Waals surface area contributed by atoms with E-state index in [9.17, 15) is 0 Å². The molecule has 0 aliphatic carbocycles. The van der Waals surface area contributed by atoms with Crippen LogP contribution in [-0.4, -0.2) is 9.78 Å². The molecule has 1 heterocycles. The second-order valence-corrected chi connectivity index (χ2v) is 5.21. The number of nitrogens with one attached hydrogen (secondary N) is 1. The Bertz CT molecular complexity index is 507. The van der Waals surface area contributed by atoms with E-state index in [1.54, 1.807) is 0 Å². The second kappa shape index (κ2) is 6.16. The van der Waals surface area contributed by atoms with E-state index in [1.807, 2.05) is 16.9 Å². The van der Waals surface area contributed by atoms with Crippen LogP contribution < -0.4 is 5.32 Å². The monoisotopic (exact) mass is 307 g/mol. The molecule has 1 atom stereocenters. The number of nitrogens with zero attached hydrogens (tertiary/aromatic N) is 2. The fourth-order valence-corrected chi connectivity index (χ4v) is 2.36. The molecule has 0 amide bonds. The van der Waals surface area contributed by atoms with Crippen LogP contribution in [0.5, 0.6) is 0 Å². The van der Waals surface area contributed by atoms with Crippen LogP contribution in [0, 0.1) is 0 Å². The lowest BCUT2D eigenvalue weighted by atomic mass is 10.1. The van der Waals surface area contributed by atoms with Gasteiger partial charge in [0, 0.05) is 29.8 Å². The Hall–Kier alpha value is -1.13. The van der Waals surface area contributed by atoms with Crippen LogP contribution in [-0.2, 0) is 13.1 Å². The molecule has 0 bridgehead atoms. The summed E-state index contributed by atoms with van der Waals surface area (Å²) in [5.41, 5.74) is 2.51. The topological polar surface area (TPSA) is 29.9 Å². The highest BCUT2D eigenvalue weighted by Gasteiger charge is 2.07. The van der Waals surface area contributed by atoms with Crippen LogP contribution in [0.15, 0.2) is 41.0 Å². The fourth-order valence-electron chi connectivity index (χ4n) is 1.95. The van der Waals surface area contributed by atoms with Crippen molar-refractivity contribution in [2.24, 2.45) is 0 Å². The molecule has 3 nitrogen and oxygen atoms in total. The Morgan fingerprint density at radius 1 is 1.39 bits per heavy atom. The predicted octanol–water partition coefficient (Wildman–Crippen LogP) is 3.52. The first-order valence-corrected chi connectivity index (χ1v) is 6.99. The van der Waals surface area contributed by atoms with Gasteiger partial charge in [0.25, 0.3) is 0 Å². The minimum Gasteiger partial charge on any atom is -0.305 e. The van der Waals surface area contributed by atoms with Crippen molar-refractivity contribution < 1.29 is 0 Å². The van der Waals surface area contributed by atoms with E-state index in [4.69, 9.17) is 0 Å². The lowest BCUT2D eigenvalue weighted by Crippen LogP contribution is -2.20. The molecule has 1 aromatic carbocycles. The highest BCUT2D eigenvalue weighted by atomic mass is 79.9. The van der Waals surface area contributed by atoms with Crippen molar-refractivity contribution >= 4 is 15.9 Å². The Balaban J connectivity index is 1.98. The molecule has 0 saturated carbocycles. The number of hydrogen-bond acceptors (Lipinski definition) is 2. The first-order valence-electron chi connectivity index (χ1n) is 6.20. The SMILES string of the molecule is CCn1nccc1CN[C@@H](C)c1cccc(Br)c1. The molecule has 2 rings (SSSR count). The maximum absolute atomic E-state index is 4.27. The zero-order valence-electron chi connectivity index (χ0n) is 10.7. The molecule has 0 radical (unpaired) electrons. The number of rotatable bonds is 5. The summed E-state index contributed by atoms with van der Waals surface area (Å²) in [6.07, 6.45) is 1.85. The van der Waals surface area contributed by atoms with Gasteiger partial charge in [0.15, 0.2) is 0 Å². The van der Waals surface area contributed by atoms with Crippen LogP contribution in [0.25, 0.3) is 0 Å². The summed E-state index contributed by atoms with van der Waals surface area (Å²) in [5.74, 6) is 0. The van der Waals surface area contributed by atoms with Gasteiger partial charge in [0.1, 0.15) is 0 Å². The fraction of sp³-hybridized carbons (Fsp3) is 0.357. The van der Waals surface area contributed by atoms with Crippen molar-refractivity contribution in [1.82, 2.24) is 15.1 Å². The highest BCUT2D eigenvalue weighted by Crippen LogP contribution is 2.18. The molecule has 1 aromatic heterocycles. The van der Waals surface area contributed by atoms with Gasteiger partial charge in [-0.1, -0.05) is 28.1 Å². The van der Waals surface area contributed by atoms with E-state index in [-0.39, 0.29) is 0 Å². The van der Waals surface area contributed by atoms with E-state index in [2.05, 4.69) is 64.5 Å². The van der Waals surface area contributed by atoms with E-state index < -0.39 is 0 Å². The van der Waals surface area contributed by atoms with Gasteiger partial charge in [-0.25, -0.2) is 0 Å². The summed E-state index contributed by atoms with van der Waals surface area (Å²) >= 11 is 3.50.